The van der Waals surface area contributed by atoms with Crippen LogP contribution in [0.25, 0.3) is 11.3 Å². The maximum absolute atomic E-state index is 11.5. The smallest absolute Gasteiger partial charge is 0.407 e. The van der Waals surface area contributed by atoms with Crippen LogP contribution in [-0.4, -0.2) is 38.3 Å². The van der Waals surface area contributed by atoms with Crippen molar-refractivity contribution in [3.8, 4) is 17.0 Å². The summed E-state index contributed by atoms with van der Waals surface area (Å²) in [6.45, 7) is 6.30. The van der Waals surface area contributed by atoms with Crippen LogP contribution >= 0.6 is 0 Å². The molecule has 0 aliphatic carbocycles. The van der Waals surface area contributed by atoms with Gasteiger partial charge in [0.1, 0.15) is 17.0 Å². The number of benzene rings is 1. The summed E-state index contributed by atoms with van der Waals surface area (Å²) in [5, 5.41) is 20.1. The molecule has 1 amide bonds. The first-order valence-corrected chi connectivity index (χ1v) is 7.00. The molecule has 2 rings (SSSR count). The van der Waals surface area contributed by atoms with E-state index in [1.165, 1.54) is 0 Å². The van der Waals surface area contributed by atoms with Crippen molar-refractivity contribution in [2.24, 2.45) is 0 Å². The molecule has 2 aromatic rings. The third-order valence-electron chi connectivity index (χ3n) is 2.69. The highest BCUT2D eigenvalue weighted by Gasteiger charge is 2.15. The number of ether oxygens (including phenoxy) is 1. The Kier molecular flexibility index (Phi) is 4.65. The van der Waals surface area contributed by atoms with E-state index in [0.29, 0.717) is 18.8 Å². The Labute approximate surface area is 128 Å². The van der Waals surface area contributed by atoms with Crippen molar-refractivity contribution in [3.05, 3.63) is 30.5 Å². The number of amides is 1. The Balaban J connectivity index is 1.87. The minimum absolute atomic E-state index is 0.179. The molecule has 0 aliphatic heterocycles. The Morgan fingerprint density at radius 3 is 2.86 bits per heavy atom. The largest absolute Gasteiger partial charge is 0.508 e. The molecule has 1 aromatic heterocycles. The zero-order valence-electron chi connectivity index (χ0n) is 12.9. The maximum Gasteiger partial charge on any atom is 0.407 e. The maximum atomic E-state index is 11.5. The molecule has 118 valence electrons. The minimum Gasteiger partial charge on any atom is -0.508 e. The number of phenols is 1. The first-order valence-electron chi connectivity index (χ1n) is 7.00. The van der Waals surface area contributed by atoms with Crippen molar-refractivity contribution in [2.45, 2.75) is 32.9 Å². The molecule has 7 heteroatoms. The van der Waals surface area contributed by atoms with Crippen molar-refractivity contribution in [2.75, 3.05) is 6.54 Å². The lowest BCUT2D eigenvalue weighted by atomic mass is 10.1. The summed E-state index contributed by atoms with van der Waals surface area (Å²) < 4.78 is 6.76. The van der Waals surface area contributed by atoms with Crippen LogP contribution in [0, 0.1) is 0 Å². The van der Waals surface area contributed by atoms with Gasteiger partial charge < -0.3 is 15.2 Å². The van der Waals surface area contributed by atoms with Crippen LogP contribution < -0.4 is 5.32 Å². The van der Waals surface area contributed by atoms with Crippen molar-refractivity contribution in [1.29, 1.82) is 0 Å². The van der Waals surface area contributed by atoms with Crippen LogP contribution in [-0.2, 0) is 11.3 Å². The molecule has 7 nitrogen and oxygen atoms in total. The topological polar surface area (TPSA) is 89.3 Å². The SMILES string of the molecule is CC(C)(C)OC(=O)NCCn1cc(-c2cccc(O)c2)nn1. The minimum atomic E-state index is -0.514. The molecule has 1 heterocycles. The number of aromatic hydroxyl groups is 1. The normalized spacial score (nSPS) is 11.2. The van der Waals surface area contributed by atoms with Crippen molar-refractivity contribution in [1.82, 2.24) is 20.3 Å². The van der Waals surface area contributed by atoms with Crippen LogP contribution in [0.5, 0.6) is 5.75 Å². The van der Waals surface area contributed by atoms with Gasteiger partial charge in [0.15, 0.2) is 0 Å². The van der Waals surface area contributed by atoms with Crippen LogP contribution in [0.4, 0.5) is 4.79 Å². The summed E-state index contributed by atoms with van der Waals surface area (Å²) in [6, 6.07) is 6.80. The fraction of sp³-hybridized carbons (Fsp3) is 0.400. The molecule has 0 fully saturated rings. The molecular formula is C15H20N4O3. The third-order valence-corrected chi connectivity index (χ3v) is 2.69. The Morgan fingerprint density at radius 2 is 2.18 bits per heavy atom. The fourth-order valence-electron chi connectivity index (χ4n) is 1.79. The van der Waals surface area contributed by atoms with E-state index in [-0.39, 0.29) is 5.75 Å². The van der Waals surface area contributed by atoms with Gasteiger partial charge in [0.2, 0.25) is 0 Å². The molecule has 0 radical (unpaired) electrons. The van der Waals surface area contributed by atoms with Crippen molar-refractivity contribution < 1.29 is 14.6 Å². The zero-order chi connectivity index (χ0) is 16.2. The third kappa shape index (κ3) is 4.76. The van der Waals surface area contributed by atoms with Gasteiger partial charge in [0.05, 0.1) is 12.7 Å². The van der Waals surface area contributed by atoms with Crippen molar-refractivity contribution in [3.63, 3.8) is 0 Å². The van der Waals surface area contributed by atoms with Crippen LogP contribution in [0.3, 0.4) is 0 Å². The quantitative estimate of drug-likeness (QED) is 0.903. The average molecular weight is 304 g/mol. The highest BCUT2D eigenvalue weighted by molar-refractivity contribution is 5.67. The van der Waals surface area contributed by atoms with E-state index >= 15 is 0 Å². The van der Waals surface area contributed by atoms with Crippen LogP contribution in [0.15, 0.2) is 30.5 Å². The second-order valence-electron chi connectivity index (χ2n) is 5.85. The summed E-state index contributed by atoms with van der Waals surface area (Å²) in [5.41, 5.74) is 0.930. The molecule has 0 atom stereocenters. The van der Waals surface area contributed by atoms with Gasteiger partial charge in [-0.1, -0.05) is 17.3 Å². The number of nitrogens with zero attached hydrogens (tertiary/aromatic N) is 3. The molecule has 0 aliphatic rings. The second kappa shape index (κ2) is 6.46. The average Bonchev–Trinajstić information content (AvgIpc) is 2.85. The Hall–Kier alpha value is -2.57. The van der Waals surface area contributed by atoms with Gasteiger partial charge in [-0.2, -0.15) is 0 Å². The molecule has 0 bridgehead atoms. The summed E-state index contributed by atoms with van der Waals surface area (Å²) in [4.78, 5) is 11.5. The Morgan fingerprint density at radius 1 is 1.41 bits per heavy atom. The molecule has 0 unspecified atom stereocenters. The van der Waals surface area contributed by atoms with Crippen LogP contribution in [0.1, 0.15) is 20.8 Å². The Bertz CT molecular complexity index is 646. The lowest BCUT2D eigenvalue weighted by Crippen LogP contribution is -2.34. The number of carbonyl (C=O) groups excluding carboxylic acids is 1. The number of phenolic OH excluding ortho intramolecular Hbond substituents is 1. The summed E-state index contributed by atoms with van der Waals surface area (Å²) in [7, 11) is 0. The second-order valence-corrected chi connectivity index (χ2v) is 5.85. The van der Waals surface area contributed by atoms with Gasteiger partial charge in [-0.05, 0) is 32.9 Å². The lowest BCUT2D eigenvalue weighted by Gasteiger charge is -2.19. The van der Waals surface area contributed by atoms with Crippen LogP contribution in [0.2, 0.25) is 0 Å². The predicted molar refractivity (Wildman–Crippen MR) is 81.4 cm³/mol. The summed E-state index contributed by atoms with van der Waals surface area (Å²) in [5.74, 6) is 0.179. The number of carbonyl (C=O) groups is 1. The van der Waals surface area contributed by atoms with Gasteiger partial charge in [-0.3, -0.25) is 4.68 Å². The highest BCUT2D eigenvalue weighted by Crippen LogP contribution is 2.20. The van der Waals surface area contributed by atoms with E-state index < -0.39 is 11.7 Å². The zero-order valence-corrected chi connectivity index (χ0v) is 12.9. The predicted octanol–water partition coefficient (Wildman–Crippen LogP) is 2.18. The van der Waals surface area contributed by atoms with E-state index in [2.05, 4.69) is 15.6 Å². The van der Waals surface area contributed by atoms with Gasteiger partial charge in [-0.15, -0.1) is 5.10 Å². The van der Waals surface area contributed by atoms with Gasteiger partial charge in [-0.25, -0.2) is 4.79 Å². The lowest BCUT2D eigenvalue weighted by molar-refractivity contribution is 0.0525. The number of rotatable bonds is 4. The fourth-order valence-corrected chi connectivity index (χ4v) is 1.79. The molecule has 0 saturated carbocycles. The number of alkyl carbamates (subject to hydrolysis) is 1. The van der Waals surface area contributed by atoms with Gasteiger partial charge in [0.25, 0.3) is 0 Å². The van der Waals surface area contributed by atoms with E-state index in [1.807, 2.05) is 26.8 Å². The molecule has 2 N–H and O–H groups in total. The van der Waals surface area contributed by atoms with Crippen molar-refractivity contribution >= 4 is 6.09 Å². The number of hydrogen-bond acceptors (Lipinski definition) is 5. The number of aromatic nitrogens is 3. The monoisotopic (exact) mass is 304 g/mol. The van der Waals surface area contributed by atoms with E-state index in [4.69, 9.17) is 4.74 Å². The standard InChI is InChI=1S/C15H20N4O3/c1-15(2,3)22-14(21)16-7-8-19-10-13(17-18-19)11-5-4-6-12(20)9-11/h4-6,9-10,20H,7-8H2,1-3H3,(H,16,21). The van der Waals surface area contributed by atoms with Gasteiger partial charge in [0, 0.05) is 12.1 Å². The molecule has 1 aromatic carbocycles. The highest BCUT2D eigenvalue weighted by atomic mass is 16.6. The van der Waals surface area contributed by atoms with Gasteiger partial charge >= 0.3 is 6.09 Å². The number of nitrogens with one attached hydrogen (secondary N) is 1. The van der Waals surface area contributed by atoms with E-state index in [9.17, 15) is 9.90 Å². The molecular weight excluding hydrogens is 284 g/mol. The molecule has 0 spiro atoms. The number of hydrogen-bond donors (Lipinski definition) is 2. The molecule has 22 heavy (non-hydrogen) atoms. The first-order chi connectivity index (χ1) is 10.3. The first kappa shape index (κ1) is 15.8. The summed E-state index contributed by atoms with van der Waals surface area (Å²) >= 11 is 0. The molecule has 0 saturated heterocycles. The van der Waals surface area contributed by atoms with E-state index in [1.54, 1.807) is 29.1 Å². The summed E-state index contributed by atoms with van der Waals surface area (Å²) in [6.07, 6.45) is 1.30. The van der Waals surface area contributed by atoms with E-state index in [0.717, 1.165) is 5.56 Å².